The molecular weight excluding hydrogens is 318 g/mol. The first-order valence-electron chi connectivity index (χ1n) is 10.5. The second-order valence-electron chi connectivity index (χ2n) is 8.90. The number of hydrogen-bond acceptors (Lipinski definition) is 2. The first kappa shape index (κ1) is 21.2. The molecule has 0 spiro atoms. The molecule has 0 aromatic heterocycles. The molecule has 1 fully saturated rings. The van der Waals surface area contributed by atoms with Gasteiger partial charge in [-0.3, -0.25) is 0 Å². The third-order valence-electron chi connectivity index (χ3n) is 5.58. The monoisotopic (exact) mass is 357 g/mol. The van der Waals surface area contributed by atoms with Crippen molar-refractivity contribution in [2.45, 2.75) is 65.4 Å². The molecule has 0 saturated carbocycles. The highest BCUT2D eigenvalue weighted by molar-refractivity contribution is 5.48. The molecule has 2 atom stereocenters. The molecule has 1 aromatic carbocycles. The minimum Gasteiger partial charge on any atom is -0.376 e. The predicted molar refractivity (Wildman–Crippen MR) is 113 cm³/mol. The molecule has 1 aliphatic heterocycles. The summed E-state index contributed by atoms with van der Waals surface area (Å²) in [5, 5.41) is 3.62. The van der Waals surface area contributed by atoms with E-state index >= 15 is 0 Å². The fourth-order valence-corrected chi connectivity index (χ4v) is 4.08. The molecule has 146 valence electrons. The van der Waals surface area contributed by atoms with Crippen LogP contribution in [0, 0.1) is 17.8 Å². The van der Waals surface area contributed by atoms with Crippen molar-refractivity contribution < 1.29 is 4.74 Å². The zero-order chi connectivity index (χ0) is 18.8. The van der Waals surface area contributed by atoms with Gasteiger partial charge in [0.2, 0.25) is 0 Å². The van der Waals surface area contributed by atoms with Crippen LogP contribution in [0.4, 0.5) is 0 Å². The molecule has 1 aromatic rings. The lowest BCUT2D eigenvalue weighted by Crippen LogP contribution is -2.37. The Morgan fingerprint density at radius 3 is 2.62 bits per heavy atom. The fraction of sp³-hybridized carbons (Fsp3) is 0.667. The normalized spacial score (nSPS) is 21.3. The van der Waals surface area contributed by atoms with Crippen molar-refractivity contribution in [3.05, 3.63) is 42.0 Å². The van der Waals surface area contributed by atoms with E-state index in [1.807, 2.05) is 0 Å². The van der Waals surface area contributed by atoms with Crippen LogP contribution in [0.5, 0.6) is 0 Å². The third kappa shape index (κ3) is 8.05. The number of hydrogen-bond donors (Lipinski definition) is 1. The van der Waals surface area contributed by atoms with Crippen LogP contribution in [-0.2, 0) is 4.74 Å². The molecule has 0 amide bonds. The zero-order valence-electron chi connectivity index (χ0n) is 17.3. The maximum atomic E-state index is 5.95. The van der Waals surface area contributed by atoms with Gasteiger partial charge in [-0.2, -0.15) is 0 Å². The summed E-state index contributed by atoms with van der Waals surface area (Å²) in [6, 6.07) is 10.5. The standard InChI is InChI=1S/C24H39NO/c1-20(2)12-13-22(23-15-18-26-24(3,4)19-23)14-17-25-16-8-11-21-9-6-5-7-10-21/h5-11,20,22-23,25H,12-19H2,1-4H3/b11-8+. The van der Waals surface area contributed by atoms with Crippen molar-refractivity contribution >= 4 is 6.08 Å². The van der Waals surface area contributed by atoms with Gasteiger partial charge >= 0.3 is 0 Å². The summed E-state index contributed by atoms with van der Waals surface area (Å²) in [6.07, 6.45) is 10.9. The van der Waals surface area contributed by atoms with E-state index < -0.39 is 0 Å². The van der Waals surface area contributed by atoms with Crippen LogP contribution in [0.2, 0.25) is 0 Å². The molecule has 0 radical (unpaired) electrons. The Morgan fingerprint density at radius 2 is 1.92 bits per heavy atom. The molecule has 1 heterocycles. The van der Waals surface area contributed by atoms with E-state index in [0.29, 0.717) is 0 Å². The van der Waals surface area contributed by atoms with Crippen molar-refractivity contribution in [3.8, 4) is 0 Å². The molecule has 2 rings (SSSR count). The predicted octanol–water partition coefficient (Wildman–Crippen LogP) is 5.94. The van der Waals surface area contributed by atoms with Crippen LogP contribution in [0.15, 0.2) is 36.4 Å². The minimum absolute atomic E-state index is 0.0604. The molecule has 0 bridgehead atoms. The topological polar surface area (TPSA) is 21.3 Å². The first-order chi connectivity index (χ1) is 12.5. The van der Waals surface area contributed by atoms with Gasteiger partial charge in [0.25, 0.3) is 0 Å². The van der Waals surface area contributed by atoms with E-state index in [2.05, 4.69) is 75.5 Å². The van der Waals surface area contributed by atoms with Gasteiger partial charge in [0.15, 0.2) is 0 Å². The maximum absolute atomic E-state index is 5.95. The van der Waals surface area contributed by atoms with E-state index in [1.165, 1.54) is 37.7 Å². The van der Waals surface area contributed by atoms with Crippen molar-refractivity contribution in [2.24, 2.45) is 17.8 Å². The summed E-state index contributed by atoms with van der Waals surface area (Å²) in [5.41, 5.74) is 1.33. The average molecular weight is 358 g/mol. The highest BCUT2D eigenvalue weighted by Gasteiger charge is 2.33. The van der Waals surface area contributed by atoms with Crippen molar-refractivity contribution in [2.75, 3.05) is 19.7 Å². The van der Waals surface area contributed by atoms with Crippen LogP contribution >= 0.6 is 0 Å². The van der Waals surface area contributed by atoms with Gasteiger partial charge in [-0.05, 0) is 69.4 Å². The van der Waals surface area contributed by atoms with Gasteiger partial charge in [-0.15, -0.1) is 0 Å². The summed E-state index contributed by atoms with van der Waals surface area (Å²) < 4.78 is 5.95. The van der Waals surface area contributed by atoms with Crippen molar-refractivity contribution in [3.63, 3.8) is 0 Å². The largest absolute Gasteiger partial charge is 0.376 e. The van der Waals surface area contributed by atoms with Gasteiger partial charge in [-0.1, -0.05) is 62.8 Å². The van der Waals surface area contributed by atoms with Gasteiger partial charge in [0, 0.05) is 13.2 Å². The lowest BCUT2D eigenvalue weighted by atomic mass is 9.75. The summed E-state index contributed by atoms with van der Waals surface area (Å²) in [4.78, 5) is 0. The van der Waals surface area contributed by atoms with Crippen LogP contribution in [0.3, 0.4) is 0 Å². The smallest absolute Gasteiger partial charge is 0.0629 e. The van der Waals surface area contributed by atoms with Crippen LogP contribution in [0.25, 0.3) is 6.08 Å². The Kier molecular flexibility index (Phi) is 8.87. The molecule has 1 N–H and O–H groups in total. The molecule has 2 unspecified atom stereocenters. The molecule has 0 aliphatic carbocycles. The van der Waals surface area contributed by atoms with E-state index in [1.54, 1.807) is 0 Å². The second-order valence-corrected chi connectivity index (χ2v) is 8.90. The summed E-state index contributed by atoms with van der Waals surface area (Å²) >= 11 is 0. The number of benzene rings is 1. The minimum atomic E-state index is 0.0604. The van der Waals surface area contributed by atoms with Gasteiger partial charge in [0.1, 0.15) is 0 Å². The quantitative estimate of drug-likeness (QED) is 0.523. The average Bonchev–Trinajstić information content (AvgIpc) is 2.60. The van der Waals surface area contributed by atoms with Gasteiger partial charge < -0.3 is 10.1 Å². The van der Waals surface area contributed by atoms with E-state index in [0.717, 1.165) is 37.5 Å². The summed E-state index contributed by atoms with van der Waals surface area (Å²) in [7, 11) is 0. The van der Waals surface area contributed by atoms with E-state index in [9.17, 15) is 0 Å². The molecule has 2 nitrogen and oxygen atoms in total. The zero-order valence-corrected chi connectivity index (χ0v) is 17.3. The Labute approximate surface area is 161 Å². The third-order valence-corrected chi connectivity index (χ3v) is 5.58. The number of nitrogens with one attached hydrogen (secondary N) is 1. The van der Waals surface area contributed by atoms with E-state index in [4.69, 9.17) is 4.74 Å². The Bertz CT molecular complexity index is 520. The number of rotatable bonds is 10. The van der Waals surface area contributed by atoms with E-state index in [-0.39, 0.29) is 5.60 Å². The molecule has 2 heteroatoms. The summed E-state index contributed by atoms with van der Waals surface area (Å²) in [5.74, 6) is 2.44. The van der Waals surface area contributed by atoms with Crippen LogP contribution in [0.1, 0.15) is 65.4 Å². The van der Waals surface area contributed by atoms with Crippen molar-refractivity contribution in [1.82, 2.24) is 5.32 Å². The Balaban J connectivity index is 1.76. The maximum Gasteiger partial charge on any atom is 0.0629 e. The van der Waals surface area contributed by atoms with Crippen molar-refractivity contribution in [1.29, 1.82) is 0 Å². The lowest BCUT2D eigenvalue weighted by Gasteiger charge is -2.39. The molecule has 1 aliphatic rings. The Hall–Kier alpha value is -1.12. The number of ether oxygens (including phenoxy) is 1. The van der Waals surface area contributed by atoms with Gasteiger partial charge in [0.05, 0.1) is 5.60 Å². The molecule has 1 saturated heterocycles. The van der Waals surface area contributed by atoms with Crippen LogP contribution in [-0.4, -0.2) is 25.3 Å². The molecule has 26 heavy (non-hydrogen) atoms. The molecular formula is C24H39NO. The van der Waals surface area contributed by atoms with Gasteiger partial charge in [-0.25, -0.2) is 0 Å². The Morgan fingerprint density at radius 1 is 1.15 bits per heavy atom. The second kappa shape index (κ2) is 10.9. The lowest BCUT2D eigenvalue weighted by molar-refractivity contribution is -0.0839. The fourth-order valence-electron chi connectivity index (χ4n) is 4.08. The SMILES string of the molecule is CC(C)CCC(CCNC/C=C/c1ccccc1)C1CCOC(C)(C)C1. The first-order valence-corrected chi connectivity index (χ1v) is 10.5. The summed E-state index contributed by atoms with van der Waals surface area (Å²) in [6.45, 7) is 12.2. The van der Waals surface area contributed by atoms with Crippen LogP contribution < -0.4 is 5.32 Å². The highest BCUT2D eigenvalue weighted by Crippen LogP contribution is 2.37. The highest BCUT2D eigenvalue weighted by atomic mass is 16.5.